The van der Waals surface area contributed by atoms with Crippen LogP contribution < -0.4 is 0 Å². The Bertz CT molecular complexity index is 1300. The van der Waals surface area contributed by atoms with Crippen molar-refractivity contribution in [1.82, 2.24) is 0 Å². The van der Waals surface area contributed by atoms with Crippen molar-refractivity contribution in [3.63, 3.8) is 0 Å². The number of rotatable bonds is 35. The van der Waals surface area contributed by atoms with E-state index in [1.807, 2.05) is 0 Å². The molecule has 332 valence electrons. The van der Waals surface area contributed by atoms with Gasteiger partial charge in [-0.25, -0.2) is 4.57 Å². The molecule has 1 saturated carbocycles. The van der Waals surface area contributed by atoms with Crippen molar-refractivity contribution >= 4 is 25.5 Å². The van der Waals surface area contributed by atoms with Crippen LogP contribution in [0.1, 0.15) is 155 Å². The third-order valence-corrected chi connectivity index (χ3v) is 10.5. The van der Waals surface area contributed by atoms with Gasteiger partial charge in [0.2, 0.25) is 0 Å². The summed E-state index contributed by atoms with van der Waals surface area (Å²) >= 11 is 0. The number of aliphatic hydroxyl groups excluding tert-OH is 3. The van der Waals surface area contributed by atoms with Crippen molar-refractivity contribution < 1.29 is 58.1 Å². The number of phosphoric acid groups is 1. The fourth-order valence-electron chi connectivity index (χ4n) is 6.65. The Hall–Kier alpha value is -2.70. The van der Waals surface area contributed by atoms with Crippen molar-refractivity contribution in [1.29, 1.82) is 0 Å². The molecule has 0 saturated heterocycles. The summed E-state index contributed by atoms with van der Waals surface area (Å²) in [5, 5.41) is 31.2. The van der Waals surface area contributed by atoms with E-state index in [1.54, 1.807) is 12.2 Å². The SMILES string of the molecule is CCCCC/C=C\C/C=C\C/C=C\C/C=C\CCCCCC(=O)O[C@H](COC(=O)CCCCC(=O)C[C@@H]1[C@@H](/C=C/[C@@H](O)CCCCC)[C@H](O)C[C@@H]1O)COP(=O)(O)O. The molecule has 0 aromatic heterocycles. The van der Waals surface area contributed by atoms with Gasteiger partial charge < -0.3 is 34.6 Å². The molecule has 1 aliphatic rings. The molecule has 0 aliphatic heterocycles. The van der Waals surface area contributed by atoms with E-state index in [0.717, 1.165) is 64.2 Å². The van der Waals surface area contributed by atoms with E-state index in [0.29, 0.717) is 25.7 Å². The number of hydrogen-bond donors (Lipinski definition) is 5. The van der Waals surface area contributed by atoms with E-state index < -0.39 is 69.2 Å². The summed E-state index contributed by atoms with van der Waals surface area (Å²) in [5.74, 6) is -2.22. The van der Waals surface area contributed by atoms with Crippen molar-refractivity contribution in [3.05, 3.63) is 60.8 Å². The highest BCUT2D eigenvalue weighted by atomic mass is 31.2. The van der Waals surface area contributed by atoms with Crippen LogP contribution >= 0.6 is 7.82 Å². The fourth-order valence-corrected chi connectivity index (χ4v) is 7.01. The second-order valence-corrected chi connectivity index (χ2v) is 16.5. The molecule has 0 heterocycles. The van der Waals surface area contributed by atoms with E-state index in [4.69, 9.17) is 19.3 Å². The first-order chi connectivity index (χ1) is 27.9. The van der Waals surface area contributed by atoms with Crippen LogP contribution in [0.4, 0.5) is 0 Å². The molecule has 12 nitrogen and oxygen atoms in total. The molecule has 1 aliphatic carbocycles. The van der Waals surface area contributed by atoms with Gasteiger partial charge in [-0.2, -0.15) is 0 Å². The molecular weight excluding hydrogens is 763 g/mol. The van der Waals surface area contributed by atoms with E-state index in [-0.39, 0.29) is 37.9 Å². The zero-order chi connectivity index (χ0) is 42.9. The van der Waals surface area contributed by atoms with Crippen LogP contribution in [-0.2, 0) is 32.9 Å². The molecule has 0 bridgehead atoms. The van der Waals surface area contributed by atoms with Gasteiger partial charge in [-0.1, -0.05) is 113 Å². The zero-order valence-corrected chi connectivity index (χ0v) is 36.1. The Morgan fingerprint density at radius 1 is 0.690 bits per heavy atom. The molecular formula is C45H75O12P. The second kappa shape index (κ2) is 34.1. The molecule has 6 atom stereocenters. The third kappa shape index (κ3) is 29.5. The van der Waals surface area contributed by atoms with E-state index in [9.17, 15) is 34.3 Å². The Labute approximate surface area is 348 Å². The highest BCUT2D eigenvalue weighted by Crippen LogP contribution is 2.37. The average Bonchev–Trinajstić information content (AvgIpc) is 3.44. The molecule has 1 rings (SSSR count). The minimum atomic E-state index is -4.86. The summed E-state index contributed by atoms with van der Waals surface area (Å²) in [7, 11) is -4.86. The largest absolute Gasteiger partial charge is 0.469 e. The number of carbonyl (C=O) groups is 3. The van der Waals surface area contributed by atoms with E-state index in [2.05, 4.69) is 67.0 Å². The molecule has 0 radical (unpaired) electrons. The average molecular weight is 839 g/mol. The van der Waals surface area contributed by atoms with Crippen LogP contribution in [0.2, 0.25) is 0 Å². The number of aliphatic hydroxyl groups is 3. The topological polar surface area (TPSA) is 197 Å². The Kier molecular flexibility index (Phi) is 31.3. The van der Waals surface area contributed by atoms with Gasteiger partial charge in [0, 0.05) is 43.9 Å². The van der Waals surface area contributed by atoms with Crippen LogP contribution in [-0.4, -0.2) is 80.5 Å². The quantitative estimate of drug-likeness (QED) is 0.0176. The summed E-state index contributed by atoms with van der Waals surface area (Å²) in [6, 6.07) is 0. The third-order valence-electron chi connectivity index (χ3n) is 9.99. The summed E-state index contributed by atoms with van der Waals surface area (Å²) in [4.78, 5) is 55.9. The van der Waals surface area contributed by atoms with Gasteiger partial charge >= 0.3 is 19.8 Å². The Morgan fingerprint density at radius 2 is 1.24 bits per heavy atom. The minimum absolute atomic E-state index is 0.0290. The number of Topliss-reactive ketones (excluding diaryl/α,β-unsaturated/α-hetero) is 1. The fraction of sp³-hybridized carbons (Fsp3) is 0.711. The van der Waals surface area contributed by atoms with Crippen LogP contribution in [0.5, 0.6) is 0 Å². The Morgan fingerprint density at radius 3 is 1.86 bits per heavy atom. The minimum Gasteiger partial charge on any atom is -0.462 e. The van der Waals surface area contributed by atoms with Gasteiger partial charge in [-0.15, -0.1) is 0 Å². The van der Waals surface area contributed by atoms with Crippen molar-refractivity contribution in [3.8, 4) is 0 Å². The van der Waals surface area contributed by atoms with E-state index in [1.165, 1.54) is 19.3 Å². The molecule has 13 heteroatoms. The standard InChI is InChI=1S/C45H75O12P/c1-3-5-7-8-9-10-11-12-13-14-15-16-17-18-19-20-21-22-24-30-45(51)57-39(36-56-58(52,53)54)35-55-44(50)29-26-25-28-38(47)33-41-40(42(48)34-43(41)49)32-31-37(46)27-23-6-4-2/h9-10,12-13,15-16,18-19,31-32,37,39-43,46,48-49H,3-8,11,14,17,20-30,33-36H2,1-2H3,(H2,52,53,54)/b10-9-,13-12-,16-15-,19-18-,32-31+/t37-,39+,40+,41+,42+,43-/m0/s1. The van der Waals surface area contributed by atoms with Crippen LogP contribution in [0.3, 0.4) is 0 Å². The zero-order valence-electron chi connectivity index (χ0n) is 35.2. The van der Waals surface area contributed by atoms with Gasteiger partial charge in [0.1, 0.15) is 12.4 Å². The van der Waals surface area contributed by atoms with Gasteiger partial charge in [0.15, 0.2) is 6.10 Å². The molecule has 0 aromatic carbocycles. The number of esters is 2. The highest BCUT2D eigenvalue weighted by molar-refractivity contribution is 7.46. The van der Waals surface area contributed by atoms with E-state index >= 15 is 0 Å². The summed E-state index contributed by atoms with van der Waals surface area (Å²) in [5.41, 5.74) is 0. The number of hydrogen-bond acceptors (Lipinski definition) is 10. The molecule has 0 amide bonds. The highest BCUT2D eigenvalue weighted by Gasteiger charge is 2.41. The molecule has 5 N–H and O–H groups in total. The maximum Gasteiger partial charge on any atom is 0.469 e. The first-order valence-electron chi connectivity index (χ1n) is 21.8. The monoisotopic (exact) mass is 838 g/mol. The predicted molar refractivity (Wildman–Crippen MR) is 227 cm³/mol. The summed E-state index contributed by atoms with van der Waals surface area (Å²) in [6.45, 7) is 3.20. The number of ether oxygens (including phenoxy) is 2. The first-order valence-corrected chi connectivity index (χ1v) is 23.3. The lowest BCUT2D eigenvalue weighted by Crippen LogP contribution is -2.29. The molecule has 0 aromatic rings. The first kappa shape index (κ1) is 53.3. The smallest absolute Gasteiger partial charge is 0.462 e. The normalized spacial score (nSPS) is 20.0. The molecule has 58 heavy (non-hydrogen) atoms. The van der Waals surface area contributed by atoms with Crippen LogP contribution in [0.25, 0.3) is 0 Å². The molecule has 0 spiro atoms. The Balaban J connectivity index is 2.32. The maximum atomic E-state index is 12.8. The second-order valence-electron chi connectivity index (χ2n) is 15.3. The number of carbonyl (C=O) groups excluding carboxylic acids is 3. The maximum absolute atomic E-state index is 12.8. The van der Waals surface area contributed by atoms with Crippen molar-refractivity contribution in [2.75, 3.05) is 13.2 Å². The van der Waals surface area contributed by atoms with Crippen molar-refractivity contribution in [2.24, 2.45) is 11.8 Å². The van der Waals surface area contributed by atoms with Gasteiger partial charge in [-0.3, -0.25) is 18.9 Å². The lowest BCUT2D eigenvalue weighted by atomic mass is 9.87. The molecule has 1 fully saturated rings. The molecule has 0 unspecified atom stereocenters. The number of phosphoric ester groups is 1. The van der Waals surface area contributed by atoms with Gasteiger partial charge in [0.05, 0.1) is 24.9 Å². The predicted octanol–water partition coefficient (Wildman–Crippen LogP) is 8.85. The van der Waals surface area contributed by atoms with Crippen LogP contribution in [0.15, 0.2) is 60.8 Å². The lowest BCUT2D eigenvalue weighted by molar-refractivity contribution is -0.161. The summed E-state index contributed by atoms with van der Waals surface area (Å²) < 4.78 is 26.3. The van der Waals surface area contributed by atoms with Gasteiger partial charge in [0.25, 0.3) is 0 Å². The lowest BCUT2D eigenvalue weighted by Gasteiger charge is -2.20. The van der Waals surface area contributed by atoms with Crippen molar-refractivity contribution in [2.45, 2.75) is 180 Å². The number of unbranched alkanes of at least 4 members (excludes halogenated alkanes) is 9. The number of allylic oxidation sites excluding steroid dienone is 8. The van der Waals surface area contributed by atoms with Crippen LogP contribution in [0, 0.1) is 11.8 Å². The summed E-state index contributed by atoms with van der Waals surface area (Å²) in [6.07, 6.45) is 32.9. The number of ketones is 1. The van der Waals surface area contributed by atoms with Gasteiger partial charge in [-0.05, 0) is 70.6 Å².